The maximum Gasteiger partial charge on any atom is 0.236 e. The molecule has 7 heteroatoms. The summed E-state index contributed by atoms with van der Waals surface area (Å²) >= 11 is 5.90. The van der Waals surface area contributed by atoms with Crippen molar-refractivity contribution in [2.75, 3.05) is 11.9 Å². The predicted octanol–water partition coefficient (Wildman–Crippen LogP) is 2.77. The van der Waals surface area contributed by atoms with Crippen LogP contribution in [0.2, 0.25) is 5.02 Å². The molecule has 2 heterocycles. The zero-order chi connectivity index (χ0) is 14.8. The number of aromatic nitrogens is 4. The molecule has 1 aromatic carbocycles. The first kappa shape index (κ1) is 13.3. The van der Waals surface area contributed by atoms with E-state index in [9.17, 15) is 0 Å². The second kappa shape index (κ2) is 5.38. The van der Waals surface area contributed by atoms with Gasteiger partial charge in [-0.3, -0.25) is 4.57 Å². The molecule has 3 aromatic rings. The molecule has 0 fully saturated rings. The quantitative estimate of drug-likeness (QED) is 0.804. The van der Waals surface area contributed by atoms with Crippen molar-refractivity contribution in [1.82, 2.24) is 19.5 Å². The first-order valence-electron chi connectivity index (χ1n) is 6.38. The summed E-state index contributed by atoms with van der Waals surface area (Å²) < 4.78 is 1.80. The van der Waals surface area contributed by atoms with Gasteiger partial charge in [-0.25, -0.2) is 4.98 Å². The van der Waals surface area contributed by atoms with Gasteiger partial charge in [0.1, 0.15) is 12.4 Å². The third kappa shape index (κ3) is 2.39. The fourth-order valence-electron chi connectivity index (χ4n) is 2.03. The maximum absolute atomic E-state index is 9.08. The van der Waals surface area contributed by atoms with Gasteiger partial charge < -0.3 is 5.32 Å². The summed E-state index contributed by atoms with van der Waals surface area (Å²) in [6.07, 6.45) is 1.66. The molecule has 0 radical (unpaired) electrons. The number of hydrogen-bond donors (Lipinski definition) is 1. The van der Waals surface area contributed by atoms with Crippen LogP contribution in [0.3, 0.4) is 0 Å². The minimum atomic E-state index is 0.106. The van der Waals surface area contributed by atoms with E-state index in [0.29, 0.717) is 28.5 Å². The molecule has 0 aliphatic heterocycles. The van der Waals surface area contributed by atoms with E-state index in [0.717, 1.165) is 5.69 Å². The second-order valence-electron chi connectivity index (χ2n) is 4.30. The third-order valence-electron chi connectivity index (χ3n) is 2.95. The van der Waals surface area contributed by atoms with Crippen LogP contribution in [0.25, 0.3) is 16.9 Å². The molecule has 0 spiro atoms. The van der Waals surface area contributed by atoms with E-state index in [4.69, 9.17) is 16.9 Å². The van der Waals surface area contributed by atoms with E-state index < -0.39 is 0 Å². The summed E-state index contributed by atoms with van der Waals surface area (Å²) in [6, 6.07) is 9.29. The van der Waals surface area contributed by atoms with E-state index in [1.54, 1.807) is 23.0 Å². The van der Waals surface area contributed by atoms with Gasteiger partial charge in [0.05, 0.1) is 0 Å². The minimum Gasteiger partial charge on any atom is -0.368 e. The number of fused-ring (bicyclic) bond motifs is 1. The van der Waals surface area contributed by atoms with E-state index in [1.807, 2.05) is 25.1 Å². The van der Waals surface area contributed by atoms with Gasteiger partial charge in [0.25, 0.3) is 0 Å². The Hall–Kier alpha value is -2.65. The van der Waals surface area contributed by atoms with Gasteiger partial charge in [0.15, 0.2) is 17.0 Å². The van der Waals surface area contributed by atoms with Crippen LogP contribution in [0.4, 0.5) is 5.82 Å². The lowest BCUT2D eigenvalue weighted by atomic mass is 10.3. The Kier molecular flexibility index (Phi) is 3.42. The van der Waals surface area contributed by atoms with Crippen LogP contribution in [-0.4, -0.2) is 26.1 Å². The fraction of sp³-hybridized carbons (Fsp3) is 0.143. The van der Waals surface area contributed by atoms with E-state index in [1.165, 1.54) is 0 Å². The van der Waals surface area contributed by atoms with Crippen molar-refractivity contribution in [3.63, 3.8) is 0 Å². The number of benzene rings is 1. The van der Waals surface area contributed by atoms with Crippen molar-refractivity contribution in [3.8, 4) is 11.8 Å². The Morgan fingerprint density at radius 3 is 2.71 bits per heavy atom. The molecule has 0 bridgehead atoms. The summed E-state index contributed by atoms with van der Waals surface area (Å²) in [4.78, 5) is 12.7. The highest BCUT2D eigenvalue weighted by Crippen LogP contribution is 2.22. The van der Waals surface area contributed by atoms with E-state index in [2.05, 4.69) is 20.3 Å². The molecule has 3 rings (SSSR count). The Labute approximate surface area is 126 Å². The molecule has 0 unspecified atom stereocenters. The van der Waals surface area contributed by atoms with Crippen LogP contribution in [0, 0.1) is 11.3 Å². The molecule has 0 amide bonds. The molecule has 104 valence electrons. The van der Waals surface area contributed by atoms with E-state index >= 15 is 0 Å². The Morgan fingerprint density at radius 2 is 2.05 bits per heavy atom. The van der Waals surface area contributed by atoms with Gasteiger partial charge in [-0.2, -0.15) is 15.2 Å². The van der Waals surface area contributed by atoms with Crippen LogP contribution >= 0.6 is 11.6 Å². The highest BCUT2D eigenvalue weighted by atomic mass is 35.5. The van der Waals surface area contributed by atoms with Crippen LogP contribution in [-0.2, 0) is 0 Å². The zero-order valence-corrected chi connectivity index (χ0v) is 12.0. The monoisotopic (exact) mass is 298 g/mol. The van der Waals surface area contributed by atoms with Crippen molar-refractivity contribution in [2.45, 2.75) is 6.92 Å². The first-order chi connectivity index (χ1) is 10.2. The lowest BCUT2D eigenvalue weighted by molar-refractivity contribution is 1.04. The second-order valence-corrected chi connectivity index (χ2v) is 4.74. The SMILES string of the molecule is CCNc1nc(C#N)nc2c1ncn2-c1ccc(Cl)cc1. The normalized spacial score (nSPS) is 10.5. The van der Waals surface area contributed by atoms with Gasteiger partial charge in [-0.1, -0.05) is 11.6 Å². The van der Waals surface area contributed by atoms with Crippen LogP contribution in [0.5, 0.6) is 0 Å². The van der Waals surface area contributed by atoms with Crippen LogP contribution in [0.1, 0.15) is 12.7 Å². The van der Waals surface area contributed by atoms with Gasteiger partial charge in [-0.15, -0.1) is 0 Å². The summed E-state index contributed by atoms with van der Waals surface area (Å²) in [5.41, 5.74) is 2.08. The topological polar surface area (TPSA) is 79.4 Å². The molecule has 2 aromatic heterocycles. The number of hydrogen-bond acceptors (Lipinski definition) is 5. The average molecular weight is 299 g/mol. The number of nitrogens with one attached hydrogen (secondary N) is 1. The lowest BCUT2D eigenvalue weighted by Crippen LogP contribution is -2.04. The van der Waals surface area contributed by atoms with Crippen molar-refractivity contribution < 1.29 is 0 Å². The first-order valence-corrected chi connectivity index (χ1v) is 6.75. The Morgan fingerprint density at radius 1 is 1.29 bits per heavy atom. The highest BCUT2D eigenvalue weighted by molar-refractivity contribution is 6.30. The molecule has 21 heavy (non-hydrogen) atoms. The number of nitriles is 1. The van der Waals surface area contributed by atoms with Crippen molar-refractivity contribution in [2.24, 2.45) is 0 Å². The zero-order valence-electron chi connectivity index (χ0n) is 11.2. The van der Waals surface area contributed by atoms with Gasteiger partial charge in [0, 0.05) is 17.3 Å². The summed E-state index contributed by atoms with van der Waals surface area (Å²) in [5.74, 6) is 0.668. The van der Waals surface area contributed by atoms with Crippen molar-refractivity contribution in [1.29, 1.82) is 5.26 Å². The molecular weight excluding hydrogens is 288 g/mol. The molecule has 0 saturated carbocycles. The van der Waals surface area contributed by atoms with Crippen molar-refractivity contribution in [3.05, 3.63) is 41.4 Å². The minimum absolute atomic E-state index is 0.106. The van der Waals surface area contributed by atoms with E-state index in [-0.39, 0.29) is 5.82 Å². The van der Waals surface area contributed by atoms with Crippen molar-refractivity contribution >= 4 is 28.6 Å². The summed E-state index contributed by atoms with van der Waals surface area (Å²) in [5, 5.41) is 12.8. The standard InChI is InChI=1S/C14H11ClN6/c1-2-17-13-12-14(20-11(7-16)19-13)21(8-18-12)10-5-3-9(15)4-6-10/h3-6,8H,2H2,1H3,(H,17,19,20). The van der Waals surface area contributed by atoms with Gasteiger partial charge in [-0.05, 0) is 31.2 Å². The fourth-order valence-corrected chi connectivity index (χ4v) is 2.16. The number of rotatable bonds is 3. The number of anilines is 1. The van der Waals surface area contributed by atoms with Crippen LogP contribution in [0.15, 0.2) is 30.6 Å². The molecule has 1 N–H and O–H groups in total. The maximum atomic E-state index is 9.08. The molecular formula is C14H11ClN6. The number of nitrogens with zero attached hydrogens (tertiary/aromatic N) is 5. The third-order valence-corrected chi connectivity index (χ3v) is 3.20. The largest absolute Gasteiger partial charge is 0.368 e. The Bertz CT molecular complexity index is 831. The molecule has 0 atom stereocenters. The highest BCUT2D eigenvalue weighted by Gasteiger charge is 2.13. The molecule has 0 aliphatic carbocycles. The van der Waals surface area contributed by atoms with Gasteiger partial charge in [0.2, 0.25) is 5.82 Å². The number of halogens is 1. The number of imidazole rings is 1. The van der Waals surface area contributed by atoms with Gasteiger partial charge >= 0.3 is 0 Å². The summed E-state index contributed by atoms with van der Waals surface area (Å²) in [6.45, 7) is 2.64. The molecule has 0 aliphatic rings. The summed E-state index contributed by atoms with van der Waals surface area (Å²) in [7, 11) is 0. The smallest absolute Gasteiger partial charge is 0.236 e. The Balaban J connectivity index is 2.23. The molecule has 0 saturated heterocycles. The average Bonchev–Trinajstić information content (AvgIpc) is 2.92. The molecule has 6 nitrogen and oxygen atoms in total. The van der Waals surface area contributed by atoms with Crippen LogP contribution < -0.4 is 5.32 Å². The predicted molar refractivity (Wildman–Crippen MR) is 80.5 cm³/mol. The lowest BCUT2D eigenvalue weighted by Gasteiger charge is -2.06.